The maximum absolute atomic E-state index is 10.8. The molecule has 0 aliphatic rings. The van der Waals surface area contributed by atoms with Crippen LogP contribution in [0.25, 0.3) is 10.2 Å². The Morgan fingerprint density at radius 3 is 3.05 bits per heavy atom. The standard InChI is InChI=1S/C12H10N4O2S2/c13-10(11(17)18)8-4-19-12(16-8)15-6-1-2-7-9(3-6)20-5-14-7/h1-5,10H,13H2,(H,15,16)(H,17,18). The second-order valence-electron chi connectivity index (χ2n) is 4.05. The van der Waals surface area contributed by atoms with Gasteiger partial charge >= 0.3 is 5.97 Å². The average Bonchev–Trinajstić information content (AvgIpc) is 3.06. The minimum Gasteiger partial charge on any atom is -0.480 e. The normalized spacial score (nSPS) is 12.4. The van der Waals surface area contributed by atoms with Crippen LogP contribution in [0.15, 0.2) is 29.1 Å². The topological polar surface area (TPSA) is 101 Å². The van der Waals surface area contributed by atoms with E-state index in [1.165, 1.54) is 11.3 Å². The molecule has 0 fully saturated rings. The molecule has 1 atom stereocenters. The fraction of sp³-hybridized carbons (Fsp3) is 0.0833. The number of nitrogens with two attached hydrogens (primary N) is 1. The molecule has 1 unspecified atom stereocenters. The van der Waals surface area contributed by atoms with Gasteiger partial charge in [-0.25, -0.2) is 9.97 Å². The van der Waals surface area contributed by atoms with Gasteiger partial charge < -0.3 is 16.2 Å². The Bertz CT molecular complexity index is 768. The van der Waals surface area contributed by atoms with E-state index in [0.29, 0.717) is 10.8 Å². The zero-order valence-corrected chi connectivity index (χ0v) is 11.7. The van der Waals surface area contributed by atoms with Gasteiger partial charge in [-0.1, -0.05) is 0 Å². The van der Waals surface area contributed by atoms with Crippen LogP contribution in [-0.4, -0.2) is 21.0 Å². The van der Waals surface area contributed by atoms with E-state index < -0.39 is 12.0 Å². The molecule has 0 radical (unpaired) electrons. The molecular weight excluding hydrogens is 296 g/mol. The monoisotopic (exact) mass is 306 g/mol. The lowest BCUT2D eigenvalue weighted by Crippen LogP contribution is -2.20. The summed E-state index contributed by atoms with van der Waals surface area (Å²) in [5.74, 6) is -1.09. The van der Waals surface area contributed by atoms with Crippen molar-refractivity contribution in [3.05, 3.63) is 34.8 Å². The number of thiazole rings is 2. The predicted octanol–water partition coefficient (Wildman–Crippen LogP) is 2.58. The van der Waals surface area contributed by atoms with Crippen molar-refractivity contribution in [3.63, 3.8) is 0 Å². The summed E-state index contributed by atoms with van der Waals surface area (Å²) in [7, 11) is 0. The second-order valence-corrected chi connectivity index (χ2v) is 5.80. The van der Waals surface area contributed by atoms with Crippen molar-refractivity contribution in [1.82, 2.24) is 9.97 Å². The number of carboxylic acids is 1. The Kier molecular flexibility index (Phi) is 3.35. The van der Waals surface area contributed by atoms with Crippen molar-refractivity contribution in [1.29, 1.82) is 0 Å². The molecule has 4 N–H and O–H groups in total. The molecular formula is C12H10N4O2S2. The van der Waals surface area contributed by atoms with Crippen LogP contribution in [0.5, 0.6) is 0 Å². The molecule has 8 heteroatoms. The van der Waals surface area contributed by atoms with Crippen molar-refractivity contribution in [2.75, 3.05) is 5.32 Å². The third-order valence-electron chi connectivity index (χ3n) is 2.69. The Balaban J connectivity index is 1.82. The molecule has 2 heterocycles. The van der Waals surface area contributed by atoms with E-state index in [1.807, 2.05) is 18.2 Å². The lowest BCUT2D eigenvalue weighted by Gasteiger charge is -2.03. The molecule has 1 aromatic carbocycles. The number of aromatic nitrogens is 2. The summed E-state index contributed by atoms with van der Waals surface area (Å²) in [4.78, 5) is 19.2. The number of nitrogens with zero attached hydrogens (tertiary/aromatic N) is 2. The van der Waals surface area contributed by atoms with E-state index in [9.17, 15) is 4.79 Å². The largest absolute Gasteiger partial charge is 0.480 e. The lowest BCUT2D eigenvalue weighted by atomic mass is 10.2. The molecule has 3 rings (SSSR count). The molecule has 6 nitrogen and oxygen atoms in total. The summed E-state index contributed by atoms with van der Waals surface area (Å²) in [6.07, 6.45) is 0. The SMILES string of the molecule is NC(C(=O)O)c1csc(Nc2ccc3ncsc3c2)n1. The molecule has 0 saturated carbocycles. The zero-order chi connectivity index (χ0) is 14.1. The number of anilines is 2. The summed E-state index contributed by atoms with van der Waals surface area (Å²) < 4.78 is 1.08. The molecule has 0 amide bonds. The van der Waals surface area contributed by atoms with Gasteiger partial charge in [0.15, 0.2) is 5.13 Å². The van der Waals surface area contributed by atoms with E-state index in [0.717, 1.165) is 15.9 Å². The number of aliphatic carboxylic acids is 1. The fourth-order valence-corrected chi connectivity index (χ4v) is 3.15. The highest BCUT2D eigenvalue weighted by atomic mass is 32.1. The zero-order valence-electron chi connectivity index (χ0n) is 10.1. The van der Waals surface area contributed by atoms with Crippen LogP contribution in [0.2, 0.25) is 0 Å². The van der Waals surface area contributed by atoms with Gasteiger partial charge in [0.25, 0.3) is 0 Å². The van der Waals surface area contributed by atoms with Crippen LogP contribution < -0.4 is 11.1 Å². The van der Waals surface area contributed by atoms with E-state index in [4.69, 9.17) is 10.8 Å². The molecule has 102 valence electrons. The first-order chi connectivity index (χ1) is 9.63. The van der Waals surface area contributed by atoms with Crippen LogP contribution in [0, 0.1) is 0 Å². The number of hydrogen-bond acceptors (Lipinski definition) is 7. The van der Waals surface area contributed by atoms with Crippen molar-refractivity contribution >= 4 is 49.7 Å². The van der Waals surface area contributed by atoms with Gasteiger partial charge in [-0.05, 0) is 18.2 Å². The number of carbonyl (C=O) groups is 1. The lowest BCUT2D eigenvalue weighted by molar-refractivity contribution is -0.138. The van der Waals surface area contributed by atoms with Crippen LogP contribution in [0.3, 0.4) is 0 Å². The Hall–Kier alpha value is -2.03. The first-order valence-corrected chi connectivity index (χ1v) is 7.43. The molecule has 0 aliphatic carbocycles. The number of fused-ring (bicyclic) bond motifs is 1. The number of nitrogens with one attached hydrogen (secondary N) is 1. The quantitative estimate of drug-likeness (QED) is 0.685. The highest BCUT2D eigenvalue weighted by molar-refractivity contribution is 7.16. The Labute approximate surface area is 121 Å². The fourth-order valence-electron chi connectivity index (χ4n) is 1.67. The minimum atomic E-state index is -1.09. The molecule has 0 aliphatic heterocycles. The van der Waals surface area contributed by atoms with Crippen LogP contribution in [0.1, 0.15) is 11.7 Å². The molecule has 3 aromatic rings. The van der Waals surface area contributed by atoms with Crippen molar-refractivity contribution < 1.29 is 9.90 Å². The summed E-state index contributed by atoms with van der Waals surface area (Å²) >= 11 is 2.88. The van der Waals surface area contributed by atoms with Gasteiger partial charge in [0.2, 0.25) is 0 Å². The highest BCUT2D eigenvalue weighted by Gasteiger charge is 2.17. The maximum Gasteiger partial charge on any atom is 0.326 e. The summed E-state index contributed by atoms with van der Waals surface area (Å²) in [5, 5.41) is 14.2. The first kappa shape index (κ1) is 13.0. The van der Waals surface area contributed by atoms with Crippen molar-refractivity contribution in [2.45, 2.75) is 6.04 Å². The third kappa shape index (κ3) is 2.48. The summed E-state index contributed by atoms with van der Waals surface area (Å²) in [6, 6.07) is 4.71. The summed E-state index contributed by atoms with van der Waals surface area (Å²) in [5.41, 5.74) is 9.49. The number of rotatable bonds is 4. The molecule has 0 saturated heterocycles. The number of benzene rings is 1. The molecule has 0 bridgehead atoms. The van der Waals surface area contributed by atoms with Crippen LogP contribution in [-0.2, 0) is 4.79 Å². The van der Waals surface area contributed by atoms with Gasteiger partial charge in [-0.15, -0.1) is 22.7 Å². The van der Waals surface area contributed by atoms with Gasteiger partial charge in [-0.3, -0.25) is 4.79 Å². The molecule has 0 spiro atoms. The van der Waals surface area contributed by atoms with Gasteiger partial charge in [-0.2, -0.15) is 0 Å². The van der Waals surface area contributed by atoms with Gasteiger partial charge in [0.05, 0.1) is 21.4 Å². The first-order valence-electron chi connectivity index (χ1n) is 5.67. The number of carboxylic acid groups (broad SMARTS) is 1. The van der Waals surface area contributed by atoms with Crippen LogP contribution >= 0.6 is 22.7 Å². The second kappa shape index (κ2) is 5.16. The summed E-state index contributed by atoms with van der Waals surface area (Å²) in [6.45, 7) is 0. The smallest absolute Gasteiger partial charge is 0.326 e. The highest BCUT2D eigenvalue weighted by Crippen LogP contribution is 2.27. The maximum atomic E-state index is 10.8. The Morgan fingerprint density at radius 2 is 2.25 bits per heavy atom. The third-order valence-corrected chi connectivity index (χ3v) is 4.26. The molecule has 2 aromatic heterocycles. The van der Waals surface area contributed by atoms with E-state index in [1.54, 1.807) is 22.2 Å². The van der Waals surface area contributed by atoms with E-state index in [-0.39, 0.29) is 0 Å². The van der Waals surface area contributed by atoms with E-state index in [2.05, 4.69) is 15.3 Å². The Morgan fingerprint density at radius 1 is 1.40 bits per heavy atom. The van der Waals surface area contributed by atoms with E-state index >= 15 is 0 Å². The van der Waals surface area contributed by atoms with Crippen molar-refractivity contribution in [2.24, 2.45) is 5.73 Å². The average molecular weight is 306 g/mol. The number of hydrogen-bond donors (Lipinski definition) is 3. The van der Waals surface area contributed by atoms with Crippen LogP contribution in [0.4, 0.5) is 10.8 Å². The predicted molar refractivity (Wildman–Crippen MR) is 79.6 cm³/mol. The molecule has 20 heavy (non-hydrogen) atoms. The van der Waals surface area contributed by atoms with Gasteiger partial charge in [0, 0.05) is 11.1 Å². The van der Waals surface area contributed by atoms with Gasteiger partial charge in [0.1, 0.15) is 6.04 Å². The minimum absolute atomic E-state index is 0.351. The van der Waals surface area contributed by atoms with Crippen molar-refractivity contribution in [3.8, 4) is 0 Å².